The molecule has 0 radical (unpaired) electrons. The van der Waals surface area contributed by atoms with Crippen LogP contribution in [-0.2, 0) is 12.8 Å². The van der Waals surface area contributed by atoms with Gasteiger partial charge in [-0.05, 0) is 37.7 Å². The maximum absolute atomic E-state index is 12.3. The second-order valence-electron chi connectivity index (χ2n) is 8.26. The van der Waals surface area contributed by atoms with Gasteiger partial charge in [-0.1, -0.05) is 13.8 Å². The minimum absolute atomic E-state index is 0.0979. The maximum Gasteiger partial charge on any atom is 0.319 e. The molecule has 28 heavy (non-hydrogen) atoms. The molecule has 0 N–H and O–H groups in total. The van der Waals surface area contributed by atoms with E-state index in [1.807, 2.05) is 30.3 Å². The van der Waals surface area contributed by atoms with Crippen LogP contribution in [-0.4, -0.2) is 66.1 Å². The highest BCUT2D eigenvalue weighted by atomic mass is 32.1. The Balaban J connectivity index is 1.71. The first-order valence-corrected chi connectivity index (χ1v) is 11.3. The molecule has 2 aliphatic rings. The van der Waals surface area contributed by atoms with Gasteiger partial charge in [0.2, 0.25) is 0 Å². The van der Waals surface area contributed by atoms with Gasteiger partial charge in [0, 0.05) is 51.1 Å². The molecule has 152 valence electrons. The largest absolute Gasteiger partial charge is 0.352 e. The van der Waals surface area contributed by atoms with Crippen LogP contribution in [0.2, 0.25) is 0 Å². The number of hydrogen-bond acceptors (Lipinski definition) is 5. The molecule has 7 heteroatoms. The molecule has 6 nitrogen and oxygen atoms in total. The predicted molar refractivity (Wildman–Crippen MR) is 116 cm³/mol. The summed E-state index contributed by atoms with van der Waals surface area (Å²) in [6.45, 7) is 7.56. The summed E-state index contributed by atoms with van der Waals surface area (Å²) in [6.07, 6.45) is 5.91. The Bertz CT molecular complexity index is 869. The van der Waals surface area contributed by atoms with Crippen molar-refractivity contribution in [3.05, 3.63) is 16.3 Å². The molecular weight excluding hydrogens is 370 g/mol. The van der Waals surface area contributed by atoms with Gasteiger partial charge in [0.05, 0.1) is 5.39 Å². The molecule has 2 aromatic rings. The van der Waals surface area contributed by atoms with Crippen LogP contribution in [0.5, 0.6) is 0 Å². The van der Waals surface area contributed by atoms with Crippen molar-refractivity contribution in [2.45, 2.75) is 51.9 Å². The van der Waals surface area contributed by atoms with Gasteiger partial charge in [0.15, 0.2) is 0 Å². The van der Waals surface area contributed by atoms with Crippen LogP contribution in [0.15, 0.2) is 0 Å². The molecule has 0 unspecified atom stereocenters. The molecule has 1 fully saturated rings. The van der Waals surface area contributed by atoms with Gasteiger partial charge >= 0.3 is 6.03 Å². The number of nitrogens with zero attached hydrogens (tertiary/aromatic N) is 5. The zero-order valence-corrected chi connectivity index (χ0v) is 18.3. The number of fused-ring (bicyclic) bond motifs is 3. The number of thiophene rings is 1. The van der Waals surface area contributed by atoms with E-state index in [1.54, 1.807) is 4.90 Å². The Morgan fingerprint density at radius 3 is 2.54 bits per heavy atom. The number of carbonyl (C=O) groups excluding carboxylic acids is 1. The number of aryl methyl sites for hydroxylation is 2. The van der Waals surface area contributed by atoms with Gasteiger partial charge in [-0.2, -0.15) is 0 Å². The molecule has 3 heterocycles. The Hall–Kier alpha value is -1.89. The minimum atomic E-state index is 0.0979. The van der Waals surface area contributed by atoms with Crippen LogP contribution in [0.25, 0.3) is 10.2 Å². The quantitative estimate of drug-likeness (QED) is 0.783. The third kappa shape index (κ3) is 3.45. The topological polar surface area (TPSA) is 52.6 Å². The predicted octanol–water partition coefficient (Wildman–Crippen LogP) is 3.89. The second kappa shape index (κ2) is 7.85. The van der Waals surface area contributed by atoms with E-state index in [-0.39, 0.29) is 6.03 Å². The normalized spacial score (nSPS) is 18.3. The van der Waals surface area contributed by atoms with Gasteiger partial charge in [0.25, 0.3) is 0 Å². The molecule has 0 bridgehead atoms. The number of piperazine rings is 1. The zero-order valence-electron chi connectivity index (χ0n) is 17.5. The standard InChI is InChI=1S/C21H31N5OS/c1-5-14(2)18-22-19(25-10-12-26(13-11-25)21(27)24(3)4)17-15-8-6-7-9-16(15)28-20(17)23-18/h14H,5-13H2,1-4H3/t14-/m0/s1. The van der Waals surface area contributed by atoms with E-state index in [9.17, 15) is 4.79 Å². The van der Waals surface area contributed by atoms with Gasteiger partial charge in [-0.25, -0.2) is 14.8 Å². The van der Waals surface area contributed by atoms with Crippen molar-refractivity contribution >= 4 is 33.4 Å². The molecule has 2 aromatic heterocycles. The Kier molecular flexibility index (Phi) is 5.45. The molecule has 1 atom stereocenters. The van der Waals surface area contributed by atoms with Crippen LogP contribution in [0.1, 0.15) is 55.3 Å². The third-order valence-electron chi connectivity index (χ3n) is 6.10. The Morgan fingerprint density at radius 2 is 1.86 bits per heavy atom. The minimum Gasteiger partial charge on any atom is -0.352 e. The highest BCUT2D eigenvalue weighted by molar-refractivity contribution is 7.19. The van der Waals surface area contributed by atoms with E-state index < -0.39 is 0 Å². The molecule has 4 rings (SSSR count). The van der Waals surface area contributed by atoms with Crippen LogP contribution in [0.3, 0.4) is 0 Å². The number of amides is 2. The van der Waals surface area contributed by atoms with E-state index in [2.05, 4.69) is 18.7 Å². The molecule has 1 saturated heterocycles. The average molecular weight is 402 g/mol. The number of aromatic nitrogens is 2. The van der Waals surface area contributed by atoms with Gasteiger partial charge in [0.1, 0.15) is 16.5 Å². The number of hydrogen-bond donors (Lipinski definition) is 0. The molecular formula is C21H31N5OS. The lowest BCUT2D eigenvalue weighted by Gasteiger charge is -2.37. The number of carbonyl (C=O) groups is 1. The Morgan fingerprint density at radius 1 is 1.14 bits per heavy atom. The molecule has 2 amide bonds. The van der Waals surface area contributed by atoms with Crippen molar-refractivity contribution in [2.24, 2.45) is 0 Å². The summed E-state index contributed by atoms with van der Waals surface area (Å²) < 4.78 is 0. The summed E-state index contributed by atoms with van der Waals surface area (Å²) in [5.41, 5.74) is 1.49. The first kappa shape index (κ1) is 19.4. The van der Waals surface area contributed by atoms with Crippen molar-refractivity contribution in [1.82, 2.24) is 19.8 Å². The highest BCUT2D eigenvalue weighted by Crippen LogP contribution is 2.40. The number of urea groups is 1. The fourth-order valence-electron chi connectivity index (χ4n) is 4.18. The smallest absolute Gasteiger partial charge is 0.319 e. The van der Waals surface area contributed by atoms with Gasteiger partial charge < -0.3 is 14.7 Å². The van der Waals surface area contributed by atoms with Gasteiger partial charge in [-0.3, -0.25) is 0 Å². The fourth-order valence-corrected chi connectivity index (χ4v) is 5.44. The van der Waals surface area contributed by atoms with E-state index in [0.29, 0.717) is 5.92 Å². The highest BCUT2D eigenvalue weighted by Gasteiger charge is 2.28. The summed E-state index contributed by atoms with van der Waals surface area (Å²) in [6, 6.07) is 0.0979. The summed E-state index contributed by atoms with van der Waals surface area (Å²) >= 11 is 1.88. The van der Waals surface area contributed by atoms with Crippen LogP contribution in [0.4, 0.5) is 10.6 Å². The zero-order chi connectivity index (χ0) is 19.8. The van der Waals surface area contributed by atoms with E-state index >= 15 is 0 Å². The Labute approximate surface area is 171 Å². The number of anilines is 1. The summed E-state index contributed by atoms with van der Waals surface area (Å²) in [5, 5.41) is 1.29. The van der Waals surface area contributed by atoms with E-state index in [4.69, 9.17) is 9.97 Å². The van der Waals surface area contributed by atoms with Crippen LogP contribution in [0, 0.1) is 0 Å². The summed E-state index contributed by atoms with van der Waals surface area (Å²) in [5.74, 6) is 2.44. The second-order valence-corrected chi connectivity index (χ2v) is 9.34. The van der Waals surface area contributed by atoms with E-state index in [1.165, 1.54) is 39.9 Å². The van der Waals surface area contributed by atoms with E-state index in [0.717, 1.165) is 50.7 Å². The molecule has 0 saturated carbocycles. The molecule has 1 aliphatic heterocycles. The SMILES string of the molecule is CC[C@H](C)c1nc(N2CCN(C(=O)N(C)C)CC2)c2c3c(sc2n1)CCCC3. The maximum atomic E-state index is 12.3. The number of rotatable bonds is 3. The fraction of sp³-hybridized carbons (Fsp3) is 0.667. The molecule has 1 aliphatic carbocycles. The first-order chi connectivity index (χ1) is 13.5. The lowest BCUT2D eigenvalue weighted by Crippen LogP contribution is -2.51. The first-order valence-electron chi connectivity index (χ1n) is 10.5. The third-order valence-corrected chi connectivity index (χ3v) is 7.28. The van der Waals surface area contributed by atoms with Crippen molar-refractivity contribution in [3.8, 4) is 0 Å². The monoisotopic (exact) mass is 401 g/mol. The lowest BCUT2D eigenvalue weighted by molar-refractivity contribution is 0.168. The van der Waals surface area contributed by atoms with Crippen LogP contribution >= 0.6 is 11.3 Å². The molecule has 0 aromatic carbocycles. The summed E-state index contributed by atoms with van der Waals surface area (Å²) in [4.78, 5) is 31.0. The van der Waals surface area contributed by atoms with Crippen LogP contribution < -0.4 is 4.90 Å². The van der Waals surface area contributed by atoms with Crippen molar-refractivity contribution in [2.75, 3.05) is 45.2 Å². The summed E-state index contributed by atoms with van der Waals surface area (Å²) in [7, 11) is 3.64. The lowest BCUT2D eigenvalue weighted by atomic mass is 9.96. The van der Waals surface area contributed by atoms with Crippen molar-refractivity contribution < 1.29 is 4.79 Å². The average Bonchev–Trinajstić information content (AvgIpc) is 3.10. The molecule has 0 spiro atoms. The van der Waals surface area contributed by atoms with Crippen molar-refractivity contribution in [1.29, 1.82) is 0 Å². The van der Waals surface area contributed by atoms with Gasteiger partial charge in [-0.15, -0.1) is 11.3 Å². The van der Waals surface area contributed by atoms with Crippen molar-refractivity contribution in [3.63, 3.8) is 0 Å².